The standard InChI is InChI=1S/C32H12BF24.C26H24P2.C10H14.C3H8S2.Ni.Ru/c34-25(35,36)13-1-14(26(37,38)39)6-21(5-13)33(22-7-15(27(40,41)42)2-16(8-22)28(43,44)45,23-9-17(29(46,47)48)3-18(10-23)30(49,50)51)24-11-19(31(52,53)54)4-20(12-24)32(55,56)57;1-5-13-23(14-6-1)27(24-15-7-2-8-16-24)21-22-28(25-17-9-3-10-18-25)26-19-11-4-12-20-26;1-8(2)10-6-4-9(3)5-7-10;4-2-1-3-5;;/h1-12H;1-20H,21-22H2;4-8H,1-3H3;4-5H,1-3H2;;/q-1;;;;;+2. The van der Waals surface area contributed by atoms with E-state index in [9.17, 15) is 105 Å². The Labute approximate surface area is 608 Å². The van der Waals surface area contributed by atoms with E-state index in [1.807, 2.05) is 0 Å². The van der Waals surface area contributed by atoms with Crippen LogP contribution >= 0.6 is 15.8 Å². The molecule has 0 amide bonds. The Kier molecular flexibility index (Phi) is 31.5. The number of benzene rings is 9. The largest absolute Gasteiger partial charge is 2.00 e. The molecule has 0 aliphatic heterocycles. The third kappa shape index (κ3) is 24.3. The minimum atomic E-state index is -6.13. The van der Waals surface area contributed by atoms with Crippen LogP contribution in [0.5, 0.6) is 0 Å². The first kappa shape index (κ1) is 88.4. The van der Waals surface area contributed by atoms with Crippen molar-refractivity contribution in [2.75, 3.05) is 23.8 Å². The molecule has 0 saturated heterocycles. The molecular weight excluding hydrogens is 1610 g/mol. The van der Waals surface area contributed by atoms with Gasteiger partial charge in [0.05, 0.1) is 81.6 Å². The Morgan fingerprint density at radius 3 is 0.637 bits per heavy atom. The smallest absolute Gasteiger partial charge is 0.793 e. The van der Waals surface area contributed by atoms with E-state index in [0.717, 1.165) is 17.9 Å². The van der Waals surface area contributed by atoms with E-state index in [2.05, 4.69) is 192 Å². The van der Waals surface area contributed by atoms with Crippen molar-refractivity contribution in [2.45, 2.75) is 82.5 Å². The zero-order valence-electron chi connectivity index (χ0n) is 53.0. The Bertz CT molecular complexity index is 3470. The maximum absolute atomic E-state index is 14.2. The van der Waals surface area contributed by atoms with Gasteiger partial charge in [-0.05, 0) is 91.2 Å². The maximum Gasteiger partial charge on any atom is 2.00 e. The van der Waals surface area contributed by atoms with Crippen LogP contribution in [0.1, 0.15) is 81.8 Å². The van der Waals surface area contributed by atoms with Gasteiger partial charge in [-0.25, -0.2) is 0 Å². The van der Waals surface area contributed by atoms with Crippen molar-refractivity contribution in [2.24, 2.45) is 0 Å². The van der Waals surface area contributed by atoms with Crippen LogP contribution in [0, 0.1) is 6.92 Å². The fraction of sp³-hybridized carbons (Fsp3) is 0.239. The van der Waals surface area contributed by atoms with Gasteiger partial charge in [-0.15, -0.1) is 0 Å². The third-order valence-electron chi connectivity index (χ3n) is 15.6. The summed E-state index contributed by atoms with van der Waals surface area (Å²) in [5.41, 5.74) is -27.4. The molecule has 0 aliphatic carbocycles. The Hall–Kier alpha value is -5.96. The van der Waals surface area contributed by atoms with Crippen LogP contribution in [-0.2, 0) is 111 Å². The molecule has 0 nitrogen and oxygen atoms in total. The van der Waals surface area contributed by atoms with Gasteiger partial charge in [0.2, 0.25) is 0 Å². The zero-order valence-corrected chi connectivity index (χ0v) is 59.4. The predicted octanol–water partition coefficient (Wildman–Crippen LogP) is 19.5. The number of rotatable bonds is 14. The molecule has 0 heterocycles. The first-order chi connectivity index (χ1) is 46.3. The summed E-state index contributed by atoms with van der Waals surface area (Å²) < 4.78 is 341. The number of hydrogen-bond acceptors (Lipinski definition) is 2. The van der Waals surface area contributed by atoms with Crippen molar-refractivity contribution in [1.29, 1.82) is 0 Å². The molecule has 0 unspecified atom stereocenters. The Morgan fingerprint density at radius 2 is 0.490 bits per heavy atom. The van der Waals surface area contributed by atoms with E-state index in [4.69, 9.17) is 0 Å². The molecule has 0 saturated carbocycles. The van der Waals surface area contributed by atoms with Gasteiger partial charge in [-0.1, -0.05) is 171 Å². The summed E-state index contributed by atoms with van der Waals surface area (Å²) in [6.07, 6.45) is -51.3. The minimum absolute atomic E-state index is 0. The van der Waals surface area contributed by atoms with Crippen molar-refractivity contribution < 1.29 is 141 Å². The number of halogens is 24. The molecule has 9 aromatic rings. The van der Waals surface area contributed by atoms with Crippen molar-refractivity contribution in [3.05, 3.63) is 274 Å². The number of hydrogen-bond donors (Lipinski definition) is 0. The molecule has 0 spiro atoms. The van der Waals surface area contributed by atoms with Gasteiger partial charge in [0.1, 0.15) is 18.5 Å². The molecule has 0 radical (unpaired) electrons. The molecule has 0 N–H and O–H groups in total. The van der Waals surface area contributed by atoms with Gasteiger partial charge in [-0.3, -0.25) is 0 Å². The Balaban J connectivity index is 0.000000399. The number of alkyl halides is 24. The van der Waals surface area contributed by atoms with E-state index in [1.165, 1.54) is 44.7 Å². The first-order valence-electron chi connectivity index (χ1n) is 29.8. The number of aryl methyl sites for hydroxylation is 1. The van der Waals surface area contributed by atoms with Crippen LogP contribution in [0.15, 0.2) is 218 Å². The average molecular weight is 1660 g/mol. The van der Waals surface area contributed by atoms with Gasteiger partial charge >= 0.3 is 68.9 Å². The zero-order chi connectivity index (χ0) is 74.6. The van der Waals surface area contributed by atoms with Crippen LogP contribution in [0.4, 0.5) is 105 Å². The fourth-order valence-electron chi connectivity index (χ4n) is 10.8. The van der Waals surface area contributed by atoms with Crippen LogP contribution in [0.3, 0.4) is 0 Å². The van der Waals surface area contributed by atoms with Gasteiger partial charge in [-0.2, -0.15) is 139 Å². The van der Waals surface area contributed by atoms with Crippen LogP contribution in [0.2, 0.25) is 0 Å². The summed E-state index contributed by atoms with van der Waals surface area (Å²) in [5, 5.41) is 6.06. The van der Waals surface area contributed by atoms with Crippen LogP contribution in [0.25, 0.3) is 0 Å². The third-order valence-corrected chi connectivity index (χ3v) is 22.3. The molecule has 9 rings (SSSR count). The summed E-state index contributed by atoms with van der Waals surface area (Å²) in [5.74, 6) is 2.30. The van der Waals surface area contributed by atoms with Crippen LogP contribution < -0.4 is 43.1 Å². The van der Waals surface area contributed by atoms with Gasteiger partial charge < -0.3 is 25.3 Å². The molecule has 0 atom stereocenters. The van der Waals surface area contributed by atoms with Gasteiger partial charge in [0.25, 0.3) is 0 Å². The van der Waals surface area contributed by atoms with Crippen molar-refractivity contribution >= 4 is 90.3 Å². The van der Waals surface area contributed by atoms with E-state index < -0.39 is 211 Å². The molecule has 0 bridgehead atoms. The van der Waals surface area contributed by atoms with Gasteiger partial charge in [0.15, 0.2) is 0 Å². The maximum atomic E-state index is 14.2. The van der Waals surface area contributed by atoms with Crippen LogP contribution in [-0.4, -0.2) is 30.0 Å². The second-order valence-corrected chi connectivity index (χ2v) is 29.0. The fourth-order valence-corrected chi connectivity index (χ4v) is 17.5. The van der Waals surface area contributed by atoms with Crippen molar-refractivity contribution in [3.8, 4) is 0 Å². The predicted molar refractivity (Wildman–Crippen MR) is 355 cm³/mol. The summed E-state index contributed by atoms with van der Waals surface area (Å²) in [7, 11) is -1.57. The van der Waals surface area contributed by atoms with E-state index in [1.54, 1.807) is 0 Å². The molecule has 0 fully saturated rings. The molecular formula is C71H58BF24NiP2RuS2+. The second-order valence-electron chi connectivity index (χ2n) is 23.0. The Morgan fingerprint density at radius 1 is 0.304 bits per heavy atom. The van der Waals surface area contributed by atoms with E-state index in [0.29, 0.717) is 5.92 Å². The molecule has 0 aliphatic rings. The normalized spacial score (nSPS) is 12.5. The minimum Gasteiger partial charge on any atom is -0.793 e. The summed E-state index contributed by atoms with van der Waals surface area (Å²) in [6.45, 7) is 6.54. The molecule has 0 aromatic heterocycles. The summed E-state index contributed by atoms with van der Waals surface area (Å²) >= 11 is 9.17. The quantitative estimate of drug-likeness (QED) is 0.0461. The molecule has 9 aromatic carbocycles. The molecule has 552 valence electrons. The average Bonchev–Trinajstić information content (AvgIpc) is 0.708. The molecule has 31 heteroatoms. The van der Waals surface area contributed by atoms with Crippen molar-refractivity contribution in [1.82, 2.24) is 0 Å². The summed E-state index contributed by atoms with van der Waals surface area (Å²) in [4.78, 5) is 0. The first-order valence-corrected chi connectivity index (χ1v) is 34.4. The van der Waals surface area contributed by atoms with Crippen molar-refractivity contribution in [3.63, 3.8) is 0 Å². The SMILES string of the molecule is Cc1ccc(C(C)C)cc1.FC(F)(F)c1cc([B-](c2cc(C(F)(F)F)cc(C(F)(F)F)c2)(c2cc(C(F)(F)F)cc(C(F)(F)F)c2)c2cc(C(F)(F)F)cc(C(F)(F)F)c2)cc(C(F)(F)F)c1.[Ni].[Ru+2].[S-]CCC[S-].c1ccc([PH+](CC[PH+](c2ccccc2)c2ccccc2)c2ccccc2)cc1. The topological polar surface area (TPSA) is 0 Å². The monoisotopic (exact) mass is 1660 g/mol. The molecule has 102 heavy (non-hydrogen) atoms. The van der Waals surface area contributed by atoms with E-state index >= 15 is 0 Å². The van der Waals surface area contributed by atoms with Gasteiger partial charge in [0, 0.05) is 16.5 Å². The second kappa shape index (κ2) is 36.4. The van der Waals surface area contributed by atoms with E-state index in [-0.39, 0.29) is 36.0 Å². The summed E-state index contributed by atoms with van der Waals surface area (Å²) in [6, 6.07) is 44.4.